The molecule has 1 aliphatic carbocycles. The number of benzene rings is 1. The molecule has 3 saturated heterocycles. The lowest BCUT2D eigenvalue weighted by molar-refractivity contribution is -0.185. The summed E-state index contributed by atoms with van der Waals surface area (Å²) in [5.41, 5.74) is 0.174. The van der Waals surface area contributed by atoms with Crippen LogP contribution in [0.3, 0.4) is 0 Å². The number of nitrogens with zero attached hydrogens (tertiary/aromatic N) is 2. The van der Waals surface area contributed by atoms with Gasteiger partial charge >= 0.3 is 6.61 Å². The lowest BCUT2D eigenvalue weighted by Gasteiger charge is -2.56. The number of alkyl halides is 2. The zero-order valence-corrected chi connectivity index (χ0v) is 17.0. The normalized spacial score (nSPS) is 31.1. The standard InChI is InChI=1S/C20H26F2N2O4S/c21-18(22)28-16-1-3-17(4-2-16)29(25)24-7-8-27-20(12-24)5-6-23(11-20)15-9-19(10-15)13-26-14-19/h1-4,15,18H,5-14H2. The maximum Gasteiger partial charge on any atom is 0.387 e. The van der Waals surface area contributed by atoms with Crippen LogP contribution in [0.5, 0.6) is 5.75 Å². The summed E-state index contributed by atoms with van der Waals surface area (Å²) >= 11 is 0. The fourth-order valence-electron chi connectivity index (χ4n) is 5.10. The molecular formula is C20H26F2N2O4S. The number of ether oxygens (including phenoxy) is 3. The summed E-state index contributed by atoms with van der Waals surface area (Å²) in [7, 11) is -1.35. The van der Waals surface area contributed by atoms with Gasteiger partial charge in [0.15, 0.2) is 0 Å². The minimum Gasteiger partial charge on any atom is -0.435 e. The molecule has 0 bridgehead atoms. The van der Waals surface area contributed by atoms with Crippen molar-refractivity contribution in [3.8, 4) is 5.75 Å². The summed E-state index contributed by atoms with van der Waals surface area (Å²) in [5, 5.41) is 0. The van der Waals surface area contributed by atoms with Crippen LogP contribution in [-0.4, -0.2) is 77.7 Å². The van der Waals surface area contributed by atoms with Crippen LogP contribution in [0.15, 0.2) is 29.2 Å². The Morgan fingerprint density at radius 1 is 1.14 bits per heavy atom. The quantitative estimate of drug-likeness (QED) is 0.720. The molecule has 0 radical (unpaired) electrons. The maximum absolute atomic E-state index is 13.1. The Morgan fingerprint density at radius 2 is 1.90 bits per heavy atom. The van der Waals surface area contributed by atoms with E-state index in [2.05, 4.69) is 9.64 Å². The van der Waals surface area contributed by atoms with E-state index in [0.29, 0.717) is 36.0 Å². The Kier molecular flexibility index (Phi) is 5.14. The third-order valence-corrected chi connectivity index (χ3v) is 8.17. The number of rotatable bonds is 5. The predicted octanol–water partition coefficient (Wildman–Crippen LogP) is 2.27. The van der Waals surface area contributed by atoms with Crippen molar-refractivity contribution in [3.63, 3.8) is 0 Å². The summed E-state index contributed by atoms with van der Waals surface area (Å²) in [5.74, 6) is 0.0702. The number of hydrogen-bond donors (Lipinski definition) is 0. The molecule has 9 heteroatoms. The molecule has 1 saturated carbocycles. The van der Waals surface area contributed by atoms with Gasteiger partial charge in [-0.1, -0.05) is 0 Å². The topological polar surface area (TPSA) is 51.2 Å². The summed E-state index contributed by atoms with van der Waals surface area (Å²) in [6.45, 7) is 2.61. The number of morpholine rings is 1. The van der Waals surface area contributed by atoms with Crippen molar-refractivity contribution in [2.45, 2.75) is 42.4 Å². The van der Waals surface area contributed by atoms with Gasteiger partial charge in [0, 0.05) is 37.6 Å². The summed E-state index contributed by atoms with van der Waals surface area (Å²) < 4.78 is 55.6. The zero-order chi connectivity index (χ0) is 20.1. The molecule has 5 rings (SSSR count). The van der Waals surface area contributed by atoms with E-state index in [-0.39, 0.29) is 11.4 Å². The molecule has 0 amide bonds. The van der Waals surface area contributed by atoms with Crippen molar-refractivity contribution in [3.05, 3.63) is 24.3 Å². The van der Waals surface area contributed by atoms with Crippen molar-refractivity contribution >= 4 is 11.0 Å². The van der Waals surface area contributed by atoms with E-state index in [4.69, 9.17) is 9.47 Å². The first-order valence-electron chi connectivity index (χ1n) is 10.1. The number of halogens is 2. The van der Waals surface area contributed by atoms with Crippen molar-refractivity contribution in [2.24, 2.45) is 5.41 Å². The minimum atomic E-state index is -2.86. The molecule has 160 valence electrons. The summed E-state index contributed by atoms with van der Waals surface area (Å²) in [6, 6.07) is 6.66. The Hall–Kier alpha value is -1.13. The Balaban J connectivity index is 1.20. The van der Waals surface area contributed by atoms with Gasteiger partial charge in [0.05, 0.1) is 30.3 Å². The van der Waals surface area contributed by atoms with E-state index in [1.165, 1.54) is 25.0 Å². The van der Waals surface area contributed by atoms with Crippen LogP contribution in [0.2, 0.25) is 0 Å². The molecule has 3 heterocycles. The van der Waals surface area contributed by atoms with Gasteiger partial charge in [0.1, 0.15) is 16.7 Å². The van der Waals surface area contributed by atoms with Crippen molar-refractivity contribution in [1.29, 1.82) is 0 Å². The molecule has 1 aromatic carbocycles. The van der Waals surface area contributed by atoms with Crippen molar-refractivity contribution in [2.75, 3.05) is 46.0 Å². The van der Waals surface area contributed by atoms with E-state index in [1.54, 1.807) is 12.1 Å². The van der Waals surface area contributed by atoms with Crippen LogP contribution in [0, 0.1) is 5.41 Å². The molecule has 0 aromatic heterocycles. The fraction of sp³-hybridized carbons (Fsp3) is 0.700. The lowest BCUT2D eigenvalue weighted by atomic mass is 9.63. The monoisotopic (exact) mass is 428 g/mol. The molecule has 0 N–H and O–H groups in total. The zero-order valence-electron chi connectivity index (χ0n) is 16.2. The summed E-state index contributed by atoms with van der Waals surface area (Å²) in [6.07, 6.45) is 3.37. The van der Waals surface area contributed by atoms with Gasteiger partial charge in [0.25, 0.3) is 0 Å². The second-order valence-corrected chi connectivity index (χ2v) is 10.3. The molecule has 4 aliphatic rings. The van der Waals surface area contributed by atoms with E-state index in [1.807, 2.05) is 4.31 Å². The van der Waals surface area contributed by atoms with Gasteiger partial charge in [-0.05, 0) is 43.5 Å². The van der Waals surface area contributed by atoms with Gasteiger partial charge in [0.2, 0.25) is 0 Å². The average molecular weight is 429 g/mol. The second kappa shape index (κ2) is 7.53. The molecule has 6 nitrogen and oxygen atoms in total. The highest BCUT2D eigenvalue weighted by atomic mass is 32.2. The molecule has 29 heavy (non-hydrogen) atoms. The highest BCUT2D eigenvalue weighted by Crippen LogP contribution is 2.50. The first-order valence-corrected chi connectivity index (χ1v) is 11.2. The molecule has 1 aromatic rings. The number of hydrogen-bond acceptors (Lipinski definition) is 5. The predicted molar refractivity (Wildman–Crippen MR) is 102 cm³/mol. The second-order valence-electron chi connectivity index (χ2n) is 8.77. The maximum atomic E-state index is 13.1. The highest BCUT2D eigenvalue weighted by molar-refractivity contribution is 7.82. The molecule has 3 aliphatic heterocycles. The van der Waals surface area contributed by atoms with Crippen molar-refractivity contribution < 1.29 is 27.2 Å². The van der Waals surface area contributed by atoms with Gasteiger partial charge in [-0.3, -0.25) is 4.90 Å². The fourth-order valence-corrected chi connectivity index (χ4v) is 6.36. The third-order valence-electron chi connectivity index (χ3n) is 6.71. The van der Waals surface area contributed by atoms with E-state index in [9.17, 15) is 13.0 Å². The molecule has 2 spiro atoms. The Morgan fingerprint density at radius 3 is 2.55 bits per heavy atom. The first kappa shape index (κ1) is 19.8. The Labute approximate surface area is 171 Å². The van der Waals surface area contributed by atoms with Gasteiger partial charge in [-0.25, -0.2) is 8.51 Å². The molecule has 2 unspecified atom stereocenters. The summed E-state index contributed by atoms with van der Waals surface area (Å²) in [4.78, 5) is 3.12. The minimum absolute atomic E-state index is 0.0702. The van der Waals surface area contributed by atoms with Gasteiger partial charge in [-0.2, -0.15) is 8.78 Å². The van der Waals surface area contributed by atoms with Crippen LogP contribution in [0.1, 0.15) is 19.3 Å². The third kappa shape index (κ3) is 3.83. The smallest absolute Gasteiger partial charge is 0.387 e. The highest BCUT2D eigenvalue weighted by Gasteiger charge is 2.54. The van der Waals surface area contributed by atoms with E-state index >= 15 is 0 Å². The van der Waals surface area contributed by atoms with E-state index < -0.39 is 17.6 Å². The van der Waals surface area contributed by atoms with Gasteiger partial charge in [-0.15, -0.1) is 0 Å². The van der Waals surface area contributed by atoms with Crippen LogP contribution < -0.4 is 4.74 Å². The van der Waals surface area contributed by atoms with Crippen LogP contribution in [0.4, 0.5) is 8.78 Å². The first-order chi connectivity index (χ1) is 14.0. The van der Waals surface area contributed by atoms with Crippen LogP contribution in [-0.2, 0) is 20.5 Å². The molecular weight excluding hydrogens is 402 g/mol. The SMILES string of the molecule is O=S(c1ccc(OC(F)F)cc1)N1CCOC2(CCN(C3CC4(COC4)C3)C2)C1. The Bertz CT molecular complexity index is 768. The average Bonchev–Trinajstić information content (AvgIpc) is 3.02. The number of likely N-dealkylation sites (tertiary alicyclic amines) is 1. The van der Waals surface area contributed by atoms with Crippen molar-refractivity contribution in [1.82, 2.24) is 9.21 Å². The van der Waals surface area contributed by atoms with Crippen LogP contribution >= 0.6 is 0 Å². The molecule has 4 fully saturated rings. The van der Waals surface area contributed by atoms with Crippen LogP contribution in [0.25, 0.3) is 0 Å². The van der Waals surface area contributed by atoms with E-state index in [0.717, 1.165) is 32.7 Å². The lowest BCUT2D eigenvalue weighted by Crippen LogP contribution is -2.60. The van der Waals surface area contributed by atoms with Gasteiger partial charge < -0.3 is 14.2 Å². The largest absolute Gasteiger partial charge is 0.435 e. The molecule has 2 atom stereocenters.